The largest absolute Gasteiger partial charge is 0.494 e. The minimum absolute atomic E-state index is 0.357. The number of ether oxygens (including phenoxy) is 2. The Morgan fingerprint density at radius 1 is 1.38 bits per heavy atom. The summed E-state index contributed by atoms with van der Waals surface area (Å²) < 4.78 is 10.1. The second-order valence-electron chi connectivity index (χ2n) is 3.30. The highest BCUT2D eigenvalue weighted by Crippen LogP contribution is 2.25. The highest BCUT2D eigenvalue weighted by molar-refractivity contribution is 5.85. The van der Waals surface area contributed by atoms with Gasteiger partial charge in [0.05, 0.1) is 13.3 Å². The molecule has 0 aliphatic heterocycles. The first-order valence-corrected chi connectivity index (χ1v) is 4.82. The molecule has 0 N–H and O–H groups in total. The van der Waals surface area contributed by atoms with Crippen molar-refractivity contribution in [2.24, 2.45) is 0 Å². The van der Waals surface area contributed by atoms with Crippen LogP contribution in [0.1, 0.15) is 6.92 Å². The molecule has 0 saturated carbocycles. The summed E-state index contributed by atoms with van der Waals surface area (Å²) in [6.07, 6.45) is 1.51. The highest BCUT2D eigenvalue weighted by Gasteiger charge is 2.05. The van der Waals surface area contributed by atoms with Gasteiger partial charge in [-0.3, -0.25) is 4.79 Å². The van der Waals surface area contributed by atoms with Crippen molar-refractivity contribution in [2.45, 2.75) is 6.92 Å². The fraction of sp³-hybridized carbons (Fsp3) is 0.167. The van der Waals surface area contributed by atoms with Crippen LogP contribution in [-0.4, -0.2) is 18.1 Å². The van der Waals surface area contributed by atoms with Crippen molar-refractivity contribution in [3.63, 3.8) is 0 Å². The molecule has 4 nitrogen and oxygen atoms in total. The number of para-hydroxylation sites is 1. The zero-order chi connectivity index (χ0) is 11.5. The molecule has 0 unspecified atom stereocenters. The van der Waals surface area contributed by atoms with Gasteiger partial charge < -0.3 is 9.47 Å². The average Bonchev–Trinajstić information content (AvgIpc) is 2.27. The molecular formula is C12H11NO3. The Bertz CT molecular complexity index is 537. The molecule has 1 aromatic heterocycles. The zero-order valence-electron chi connectivity index (χ0n) is 9.06. The monoisotopic (exact) mass is 217 g/mol. The van der Waals surface area contributed by atoms with Crippen molar-refractivity contribution in [1.82, 2.24) is 4.98 Å². The molecule has 0 radical (unpaired) electrons. The summed E-state index contributed by atoms with van der Waals surface area (Å²) in [4.78, 5) is 15.0. The van der Waals surface area contributed by atoms with E-state index in [4.69, 9.17) is 9.47 Å². The van der Waals surface area contributed by atoms with Crippen molar-refractivity contribution in [3.8, 4) is 11.5 Å². The summed E-state index contributed by atoms with van der Waals surface area (Å²) in [5, 5.41) is 0.873. The summed E-state index contributed by atoms with van der Waals surface area (Å²) in [5.74, 6) is 0.782. The predicted octanol–water partition coefficient (Wildman–Crippen LogP) is 2.17. The van der Waals surface area contributed by atoms with Crippen LogP contribution in [0, 0.1) is 0 Å². The molecule has 2 aromatic rings. The van der Waals surface area contributed by atoms with Crippen LogP contribution in [0.3, 0.4) is 0 Å². The Hall–Kier alpha value is -2.10. The molecule has 0 aliphatic carbocycles. The van der Waals surface area contributed by atoms with Gasteiger partial charge in [-0.1, -0.05) is 12.1 Å². The number of fused-ring (bicyclic) bond motifs is 1. The van der Waals surface area contributed by atoms with Gasteiger partial charge in [-0.25, -0.2) is 4.98 Å². The van der Waals surface area contributed by atoms with Gasteiger partial charge in [0.15, 0.2) is 0 Å². The van der Waals surface area contributed by atoms with Crippen LogP contribution >= 0.6 is 0 Å². The van der Waals surface area contributed by atoms with E-state index in [-0.39, 0.29) is 5.97 Å². The molecule has 0 spiro atoms. The first-order valence-electron chi connectivity index (χ1n) is 4.82. The van der Waals surface area contributed by atoms with E-state index in [0.29, 0.717) is 11.5 Å². The first-order chi connectivity index (χ1) is 7.70. The molecule has 0 atom stereocenters. The standard InChI is InChI=1S/C12H11NO3/c1-8(14)16-10-6-9-4-3-5-11(15-2)12(9)13-7-10/h3-7H,1-2H3. The Balaban J connectivity index is 2.51. The molecular weight excluding hydrogens is 206 g/mol. The predicted molar refractivity (Wildman–Crippen MR) is 59.6 cm³/mol. The Kier molecular flexibility index (Phi) is 2.72. The van der Waals surface area contributed by atoms with Crippen molar-refractivity contribution in [3.05, 3.63) is 30.5 Å². The van der Waals surface area contributed by atoms with Gasteiger partial charge in [0.2, 0.25) is 0 Å². The molecule has 0 saturated heterocycles. The van der Waals surface area contributed by atoms with Crippen LogP contribution in [0.5, 0.6) is 11.5 Å². The van der Waals surface area contributed by atoms with Gasteiger partial charge in [-0.15, -0.1) is 0 Å². The molecule has 0 amide bonds. The summed E-state index contributed by atoms with van der Waals surface area (Å²) in [7, 11) is 1.59. The molecule has 1 heterocycles. The number of carbonyl (C=O) groups excluding carboxylic acids is 1. The number of aromatic nitrogens is 1. The summed E-state index contributed by atoms with van der Waals surface area (Å²) in [6, 6.07) is 7.34. The SMILES string of the molecule is COc1cccc2cc(OC(C)=O)cnc12. The summed E-state index contributed by atoms with van der Waals surface area (Å²) in [5.41, 5.74) is 0.751. The molecule has 4 heteroatoms. The smallest absolute Gasteiger partial charge is 0.308 e. The van der Waals surface area contributed by atoms with Crippen LogP contribution in [0.25, 0.3) is 10.9 Å². The normalized spacial score (nSPS) is 10.1. The third-order valence-corrected chi connectivity index (χ3v) is 2.13. The van der Waals surface area contributed by atoms with Crippen molar-refractivity contribution in [1.29, 1.82) is 0 Å². The van der Waals surface area contributed by atoms with Crippen LogP contribution in [0.2, 0.25) is 0 Å². The maximum absolute atomic E-state index is 10.8. The van der Waals surface area contributed by atoms with Crippen molar-refractivity contribution >= 4 is 16.9 Å². The fourth-order valence-corrected chi connectivity index (χ4v) is 1.50. The van der Waals surface area contributed by atoms with Crippen LogP contribution in [0.4, 0.5) is 0 Å². The molecule has 16 heavy (non-hydrogen) atoms. The summed E-state index contributed by atoms with van der Waals surface area (Å²) in [6.45, 7) is 1.36. The number of hydrogen-bond acceptors (Lipinski definition) is 4. The number of esters is 1. The number of rotatable bonds is 2. The van der Waals surface area contributed by atoms with Gasteiger partial charge in [0.1, 0.15) is 17.0 Å². The van der Waals surface area contributed by atoms with Gasteiger partial charge in [0, 0.05) is 12.3 Å². The van der Waals surface area contributed by atoms with Gasteiger partial charge >= 0.3 is 5.97 Å². The topological polar surface area (TPSA) is 48.4 Å². The van der Waals surface area contributed by atoms with E-state index in [2.05, 4.69) is 4.98 Å². The third kappa shape index (κ3) is 1.95. The highest BCUT2D eigenvalue weighted by atomic mass is 16.5. The Labute approximate surface area is 92.8 Å². The van der Waals surface area contributed by atoms with E-state index in [0.717, 1.165) is 10.9 Å². The van der Waals surface area contributed by atoms with Gasteiger partial charge in [-0.05, 0) is 12.1 Å². The van der Waals surface area contributed by atoms with E-state index in [1.165, 1.54) is 13.1 Å². The van der Waals surface area contributed by atoms with E-state index in [1.807, 2.05) is 18.2 Å². The lowest BCUT2D eigenvalue weighted by Crippen LogP contribution is -2.01. The minimum Gasteiger partial charge on any atom is -0.494 e. The molecule has 0 bridgehead atoms. The maximum atomic E-state index is 10.8. The lowest BCUT2D eigenvalue weighted by atomic mass is 10.2. The quantitative estimate of drug-likeness (QED) is 0.723. The van der Waals surface area contributed by atoms with Crippen LogP contribution < -0.4 is 9.47 Å². The fourth-order valence-electron chi connectivity index (χ4n) is 1.50. The molecule has 0 aliphatic rings. The van der Waals surface area contributed by atoms with Crippen molar-refractivity contribution in [2.75, 3.05) is 7.11 Å². The first kappa shape index (κ1) is 10.4. The molecule has 0 fully saturated rings. The molecule has 82 valence electrons. The second kappa shape index (κ2) is 4.18. The zero-order valence-corrected chi connectivity index (χ0v) is 9.06. The number of nitrogens with zero attached hydrogens (tertiary/aromatic N) is 1. The molecule has 1 aromatic carbocycles. The maximum Gasteiger partial charge on any atom is 0.308 e. The number of benzene rings is 1. The molecule has 2 rings (SSSR count). The van der Waals surface area contributed by atoms with Crippen LogP contribution in [-0.2, 0) is 4.79 Å². The number of hydrogen-bond donors (Lipinski definition) is 0. The van der Waals surface area contributed by atoms with E-state index in [1.54, 1.807) is 13.2 Å². The lowest BCUT2D eigenvalue weighted by molar-refractivity contribution is -0.131. The van der Waals surface area contributed by atoms with Gasteiger partial charge in [-0.2, -0.15) is 0 Å². The summed E-state index contributed by atoms with van der Waals surface area (Å²) >= 11 is 0. The van der Waals surface area contributed by atoms with E-state index < -0.39 is 0 Å². The Morgan fingerprint density at radius 2 is 2.19 bits per heavy atom. The second-order valence-corrected chi connectivity index (χ2v) is 3.30. The number of methoxy groups -OCH3 is 1. The number of carbonyl (C=O) groups is 1. The third-order valence-electron chi connectivity index (χ3n) is 2.13. The lowest BCUT2D eigenvalue weighted by Gasteiger charge is -2.05. The Morgan fingerprint density at radius 3 is 2.88 bits per heavy atom. The van der Waals surface area contributed by atoms with Gasteiger partial charge in [0.25, 0.3) is 0 Å². The van der Waals surface area contributed by atoms with E-state index >= 15 is 0 Å². The van der Waals surface area contributed by atoms with Crippen LogP contribution in [0.15, 0.2) is 30.5 Å². The van der Waals surface area contributed by atoms with E-state index in [9.17, 15) is 4.79 Å². The van der Waals surface area contributed by atoms with Crippen molar-refractivity contribution < 1.29 is 14.3 Å². The number of pyridine rings is 1. The average molecular weight is 217 g/mol. The minimum atomic E-state index is -0.357.